The van der Waals surface area contributed by atoms with Crippen LogP contribution < -0.4 is 30.5 Å². The third-order valence-corrected chi connectivity index (χ3v) is 12.4. The molecule has 0 spiro atoms. The summed E-state index contributed by atoms with van der Waals surface area (Å²) in [5, 5.41) is 0. The Labute approximate surface area is 416 Å². The number of hydrogen-bond donors (Lipinski definition) is 1. The number of carbonyl (C=O) groups excluding carboxylic acids is 2. The number of unbranched alkanes of at least 4 members (excludes halogenated alkanes) is 35. The second-order valence-corrected chi connectivity index (χ2v) is 21.4. The summed E-state index contributed by atoms with van der Waals surface area (Å²) in [4.78, 5) is 22.8. The van der Waals surface area contributed by atoms with Gasteiger partial charge < -0.3 is 39.5 Å². The predicted octanol–water partition coefficient (Wildman–Crippen LogP) is 11.1. The van der Waals surface area contributed by atoms with E-state index >= 15 is 0 Å². The maximum Gasteiger partial charge on any atom is 0.155 e. The molecule has 0 aromatic rings. The third kappa shape index (κ3) is 75.8. The number of ketones is 2. The summed E-state index contributed by atoms with van der Waals surface area (Å²) in [6.45, 7) is 11.2. The molecule has 0 fully saturated rings. The number of carbonyl (C=O) groups is 2. The van der Waals surface area contributed by atoms with Crippen molar-refractivity contribution in [2.24, 2.45) is 5.73 Å². The molecule has 0 aliphatic carbocycles. The van der Waals surface area contributed by atoms with Gasteiger partial charge in [0, 0.05) is 19.3 Å². The van der Waals surface area contributed by atoms with Crippen LogP contribution in [-0.2, 0) is 9.59 Å². The van der Waals surface area contributed by atoms with E-state index in [1.807, 2.05) is 0 Å². The highest BCUT2D eigenvalue weighted by Crippen LogP contribution is 2.16. The van der Waals surface area contributed by atoms with Crippen LogP contribution in [0.1, 0.15) is 284 Å². The zero-order chi connectivity index (χ0) is 46.7. The summed E-state index contributed by atoms with van der Waals surface area (Å²) in [5.41, 5.74) is 5.48. The second kappa shape index (κ2) is 58.7. The molecule has 0 bridgehead atoms. The molecule has 5 nitrogen and oxygen atoms in total. The van der Waals surface area contributed by atoms with Crippen molar-refractivity contribution in [3.8, 4) is 0 Å². The molecule has 0 aromatic carbocycles. The molecule has 388 valence electrons. The minimum absolute atomic E-state index is 0. The number of halogens is 2. The lowest BCUT2D eigenvalue weighted by molar-refractivity contribution is -0.870. The summed E-state index contributed by atoms with van der Waals surface area (Å²) in [6.07, 6.45) is 57.6. The highest BCUT2D eigenvalue weighted by molar-refractivity contribution is 5.88. The molecular formula is C57H119Cl2N3O2. The van der Waals surface area contributed by atoms with Crippen LogP contribution in [0, 0.1) is 0 Å². The van der Waals surface area contributed by atoms with Gasteiger partial charge in [-0.05, 0) is 51.1 Å². The lowest BCUT2D eigenvalue weighted by Gasteiger charge is -2.23. The Morgan fingerprint density at radius 2 is 0.578 bits per heavy atom. The first kappa shape index (κ1) is 72.5. The van der Waals surface area contributed by atoms with Crippen LogP contribution in [0.15, 0.2) is 12.7 Å². The van der Waals surface area contributed by atoms with Gasteiger partial charge in [0.25, 0.3) is 0 Å². The van der Waals surface area contributed by atoms with Gasteiger partial charge in [-0.1, -0.05) is 232 Å². The van der Waals surface area contributed by atoms with E-state index in [0.29, 0.717) is 12.2 Å². The average Bonchev–Trinajstić information content (AvgIpc) is 3.23. The topological polar surface area (TPSA) is 60.2 Å². The van der Waals surface area contributed by atoms with Crippen LogP contribution in [0.3, 0.4) is 0 Å². The predicted molar refractivity (Wildman–Crippen MR) is 280 cm³/mol. The fourth-order valence-electron chi connectivity index (χ4n) is 8.11. The van der Waals surface area contributed by atoms with Gasteiger partial charge in [-0.15, -0.1) is 0 Å². The molecule has 0 aliphatic heterocycles. The van der Waals surface area contributed by atoms with Crippen LogP contribution >= 0.6 is 0 Å². The first-order valence-corrected chi connectivity index (χ1v) is 27.8. The molecule has 64 heavy (non-hydrogen) atoms. The van der Waals surface area contributed by atoms with Gasteiger partial charge in [0.1, 0.15) is 5.78 Å². The molecule has 7 heteroatoms. The zero-order valence-electron chi connectivity index (χ0n) is 45.1. The summed E-state index contributed by atoms with van der Waals surface area (Å²) in [6, 6.07) is 0. The van der Waals surface area contributed by atoms with E-state index in [4.69, 9.17) is 5.73 Å². The van der Waals surface area contributed by atoms with E-state index in [9.17, 15) is 9.59 Å². The molecule has 0 aliphatic rings. The summed E-state index contributed by atoms with van der Waals surface area (Å²) >= 11 is 0. The highest BCUT2D eigenvalue weighted by Gasteiger charge is 2.08. The smallest absolute Gasteiger partial charge is 0.155 e. The van der Waals surface area contributed by atoms with E-state index in [0.717, 1.165) is 60.6 Å². The molecule has 0 radical (unpaired) electrons. The Balaban J connectivity index is -0.000000299. The quantitative estimate of drug-likeness (QED) is 0.0376. The minimum Gasteiger partial charge on any atom is -1.00 e. The number of nitrogens with two attached hydrogens (primary N) is 1. The standard InChI is InChI=1S/C29H60NO.C18H39N.C10H20NO.2ClH/c1-5-6-7-8-9-10-11-12-13-14-15-16-17-18-19-20-21-22-23-26-29(31)27-24-25-28-30(2,3)4;1-2-3-4-5-6-7-8-9-10-11-12-13-14-15-16-17-18-19;1-5-10(12)8-6-7-9-11(2,3)4;;/h5-28H2,1-4H3;2-19H2,1H3;5H,1,6-9H2,2-4H3;2*1H/q+1;;+1;;/p-2. The van der Waals surface area contributed by atoms with Gasteiger partial charge in [-0.25, -0.2) is 0 Å². The van der Waals surface area contributed by atoms with Gasteiger partial charge in [-0.2, -0.15) is 0 Å². The molecule has 2 N–H and O–H groups in total. The third-order valence-electron chi connectivity index (χ3n) is 12.4. The molecule has 0 unspecified atom stereocenters. The van der Waals surface area contributed by atoms with Crippen molar-refractivity contribution < 1.29 is 43.4 Å². The van der Waals surface area contributed by atoms with Gasteiger partial charge in [0.05, 0.1) is 55.4 Å². The minimum atomic E-state index is 0. The van der Waals surface area contributed by atoms with Crippen molar-refractivity contribution in [2.75, 3.05) is 61.9 Å². The molecule has 0 saturated carbocycles. The van der Waals surface area contributed by atoms with Crippen molar-refractivity contribution >= 4 is 11.6 Å². The van der Waals surface area contributed by atoms with E-state index < -0.39 is 0 Å². The number of rotatable bonds is 47. The first-order chi connectivity index (χ1) is 29.8. The first-order valence-electron chi connectivity index (χ1n) is 27.8. The normalized spacial score (nSPS) is 11.1. The van der Waals surface area contributed by atoms with Gasteiger partial charge in [0.2, 0.25) is 0 Å². The number of quaternary nitrogens is 2. The van der Waals surface area contributed by atoms with Crippen LogP contribution in [0.2, 0.25) is 0 Å². The van der Waals surface area contributed by atoms with E-state index in [1.165, 1.54) is 237 Å². The zero-order valence-corrected chi connectivity index (χ0v) is 46.7. The van der Waals surface area contributed by atoms with Crippen molar-refractivity contribution in [3.63, 3.8) is 0 Å². The van der Waals surface area contributed by atoms with Crippen molar-refractivity contribution in [3.05, 3.63) is 12.7 Å². The summed E-state index contributed by atoms with van der Waals surface area (Å²) in [7, 11) is 13.2. The Morgan fingerprint density at radius 1 is 0.359 bits per heavy atom. The van der Waals surface area contributed by atoms with E-state index in [2.05, 4.69) is 62.7 Å². The van der Waals surface area contributed by atoms with Crippen LogP contribution in [0.5, 0.6) is 0 Å². The van der Waals surface area contributed by atoms with Crippen LogP contribution in [0.25, 0.3) is 0 Å². The lowest BCUT2D eigenvalue weighted by Crippen LogP contribution is -3.00. The number of hydrogen-bond acceptors (Lipinski definition) is 3. The van der Waals surface area contributed by atoms with Crippen molar-refractivity contribution in [1.29, 1.82) is 0 Å². The van der Waals surface area contributed by atoms with Gasteiger partial charge in [0.15, 0.2) is 5.78 Å². The van der Waals surface area contributed by atoms with E-state index in [-0.39, 0.29) is 30.6 Å². The summed E-state index contributed by atoms with van der Waals surface area (Å²) < 4.78 is 1.98. The Hall–Kier alpha value is -0.460. The van der Waals surface area contributed by atoms with Crippen molar-refractivity contribution in [2.45, 2.75) is 284 Å². The molecule has 0 aromatic heterocycles. The Morgan fingerprint density at radius 3 is 0.812 bits per heavy atom. The van der Waals surface area contributed by atoms with Crippen molar-refractivity contribution in [1.82, 2.24) is 0 Å². The van der Waals surface area contributed by atoms with Gasteiger partial charge in [-0.3, -0.25) is 9.59 Å². The molecule has 0 saturated heterocycles. The monoisotopic (exact) mass is 948 g/mol. The average molecular weight is 950 g/mol. The second-order valence-electron chi connectivity index (χ2n) is 21.4. The maximum absolute atomic E-state index is 11.9. The molecular weight excluding hydrogens is 830 g/mol. The van der Waals surface area contributed by atoms with Gasteiger partial charge >= 0.3 is 0 Å². The SMILES string of the molecule is C=CC(=O)CCCC[N+](C)(C)C.CCCCCCCCCCCCCCCCCCCCCC(=O)CCCC[N+](C)(C)C.CCCCCCCCCCCCCCCCCCN.[Cl-].[Cl-]. The maximum atomic E-state index is 11.9. The molecule has 0 atom stereocenters. The fourth-order valence-corrected chi connectivity index (χ4v) is 8.11. The summed E-state index contributed by atoms with van der Waals surface area (Å²) in [5.74, 6) is 0.657. The Kier molecular flexibility index (Phi) is 66.5. The lowest BCUT2D eigenvalue weighted by atomic mass is 10.0. The number of Topliss-reactive ketones (excluding diaryl/α,β-unsaturated/α-hetero) is 1. The largest absolute Gasteiger partial charge is 1.00 e. The van der Waals surface area contributed by atoms with Crippen LogP contribution in [0.4, 0.5) is 0 Å². The molecule has 0 heterocycles. The number of nitrogens with zero attached hydrogens (tertiary/aromatic N) is 2. The van der Waals surface area contributed by atoms with E-state index in [1.54, 1.807) is 0 Å². The van der Waals surface area contributed by atoms with Crippen LogP contribution in [-0.4, -0.2) is 82.5 Å². The molecule has 0 amide bonds. The molecule has 0 rings (SSSR count). The number of allylic oxidation sites excluding steroid dienone is 1. The highest BCUT2D eigenvalue weighted by atomic mass is 35.5. The Bertz CT molecular complexity index is 886. The fraction of sp³-hybridized carbons (Fsp3) is 0.930.